The highest BCUT2D eigenvalue weighted by Gasteiger charge is 2.33. The van der Waals surface area contributed by atoms with E-state index in [1.54, 1.807) is 0 Å². The molecule has 0 aromatic rings. The van der Waals surface area contributed by atoms with Crippen molar-refractivity contribution in [2.24, 2.45) is 5.92 Å². The van der Waals surface area contributed by atoms with Crippen LogP contribution < -0.4 is 5.32 Å². The molecule has 2 aliphatic rings. The monoisotopic (exact) mass is 253 g/mol. The topological polar surface area (TPSA) is 35.6 Å². The Morgan fingerprint density at radius 1 is 1.22 bits per heavy atom. The predicted molar refractivity (Wildman–Crippen MR) is 73.5 cm³/mol. The van der Waals surface area contributed by atoms with Gasteiger partial charge >= 0.3 is 0 Å². The number of piperazine rings is 1. The average Bonchev–Trinajstić information content (AvgIpc) is 2.40. The van der Waals surface area contributed by atoms with Crippen LogP contribution in [0.5, 0.6) is 0 Å². The summed E-state index contributed by atoms with van der Waals surface area (Å²) in [4.78, 5) is 17.1. The number of rotatable bonds is 3. The third-order valence-corrected chi connectivity index (χ3v) is 4.36. The fraction of sp³-hybridized carbons (Fsp3) is 0.929. The van der Waals surface area contributed by atoms with Gasteiger partial charge in [-0.15, -0.1) is 0 Å². The SMILES string of the molecule is CNCC1CN(C)CCN1C(=O)C1CCCCC1. The Balaban J connectivity index is 1.97. The van der Waals surface area contributed by atoms with Crippen molar-refractivity contribution in [1.29, 1.82) is 0 Å². The van der Waals surface area contributed by atoms with Gasteiger partial charge in [-0.25, -0.2) is 0 Å². The molecule has 1 unspecified atom stereocenters. The highest BCUT2D eigenvalue weighted by molar-refractivity contribution is 5.79. The van der Waals surface area contributed by atoms with Gasteiger partial charge in [0.25, 0.3) is 0 Å². The summed E-state index contributed by atoms with van der Waals surface area (Å²) in [6, 6.07) is 0.350. The summed E-state index contributed by atoms with van der Waals surface area (Å²) in [6.07, 6.45) is 6.00. The van der Waals surface area contributed by atoms with Crippen LogP contribution in [0, 0.1) is 5.92 Å². The Hall–Kier alpha value is -0.610. The van der Waals surface area contributed by atoms with Gasteiger partial charge < -0.3 is 15.1 Å². The first-order chi connectivity index (χ1) is 8.72. The number of hydrogen-bond acceptors (Lipinski definition) is 3. The normalized spacial score (nSPS) is 27.4. The summed E-state index contributed by atoms with van der Waals surface area (Å²) in [6.45, 7) is 3.82. The summed E-state index contributed by atoms with van der Waals surface area (Å²) < 4.78 is 0. The van der Waals surface area contributed by atoms with Crippen LogP contribution in [0.3, 0.4) is 0 Å². The fourth-order valence-electron chi connectivity index (χ4n) is 3.30. The molecule has 0 aromatic carbocycles. The number of hydrogen-bond donors (Lipinski definition) is 1. The molecule has 1 heterocycles. The third kappa shape index (κ3) is 3.23. The van der Waals surface area contributed by atoms with Gasteiger partial charge in [-0.05, 0) is 26.9 Å². The molecule has 2 rings (SSSR count). The zero-order chi connectivity index (χ0) is 13.0. The smallest absolute Gasteiger partial charge is 0.226 e. The second-order valence-corrected chi connectivity index (χ2v) is 5.84. The van der Waals surface area contributed by atoms with Gasteiger partial charge in [0.2, 0.25) is 5.91 Å². The van der Waals surface area contributed by atoms with Gasteiger partial charge in [0.1, 0.15) is 0 Å². The van der Waals surface area contributed by atoms with E-state index in [2.05, 4.69) is 22.2 Å². The first-order valence-corrected chi connectivity index (χ1v) is 7.36. The Kier molecular flexibility index (Phi) is 5.01. The van der Waals surface area contributed by atoms with Crippen molar-refractivity contribution in [3.05, 3.63) is 0 Å². The quantitative estimate of drug-likeness (QED) is 0.813. The minimum atomic E-state index is 0.307. The van der Waals surface area contributed by atoms with Crippen LogP contribution in [0.1, 0.15) is 32.1 Å². The molecular weight excluding hydrogens is 226 g/mol. The lowest BCUT2D eigenvalue weighted by Gasteiger charge is -2.42. The second kappa shape index (κ2) is 6.53. The van der Waals surface area contributed by atoms with E-state index in [0.717, 1.165) is 39.0 Å². The number of nitrogens with zero attached hydrogens (tertiary/aromatic N) is 2. The van der Waals surface area contributed by atoms with Gasteiger partial charge in [-0.3, -0.25) is 4.79 Å². The number of amides is 1. The van der Waals surface area contributed by atoms with Crippen LogP contribution in [-0.4, -0.2) is 62.0 Å². The zero-order valence-corrected chi connectivity index (χ0v) is 11.8. The Bertz CT molecular complexity index is 276. The van der Waals surface area contributed by atoms with Gasteiger partial charge in [0.15, 0.2) is 0 Å². The third-order valence-electron chi connectivity index (χ3n) is 4.36. The maximum atomic E-state index is 12.6. The van der Waals surface area contributed by atoms with Crippen LogP contribution in [0.25, 0.3) is 0 Å². The highest BCUT2D eigenvalue weighted by atomic mass is 16.2. The first-order valence-electron chi connectivity index (χ1n) is 7.36. The molecule has 2 fully saturated rings. The maximum Gasteiger partial charge on any atom is 0.226 e. The van der Waals surface area contributed by atoms with E-state index in [1.807, 2.05) is 7.05 Å². The fourth-order valence-corrected chi connectivity index (χ4v) is 3.30. The molecule has 0 aromatic heterocycles. The largest absolute Gasteiger partial charge is 0.336 e. The molecule has 0 spiro atoms. The number of likely N-dealkylation sites (N-methyl/N-ethyl adjacent to an activating group) is 2. The van der Waals surface area contributed by atoms with Crippen LogP contribution in [0.15, 0.2) is 0 Å². The van der Waals surface area contributed by atoms with Crippen molar-refractivity contribution in [1.82, 2.24) is 15.1 Å². The lowest BCUT2D eigenvalue weighted by Crippen LogP contribution is -2.58. The summed E-state index contributed by atoms with van der Waals surface area (Å²) >= 11 is 0. The summed E-state index contributed by atoms with van der Waals surface area (Å²) in [5.41, 5.74) is 0. The molecule has 4 nitrogen and oxygen atoms in total. The van der Waals surface area contributed by atoms with E-state index in [4.69, 9.17) is 0 Å². The van der Waals surface area contributed by atoms with E-state index >= 15 is 0 Å². The molecule has 1 atom stereocenters. The number of nitrogens with one attached hydrogen (secondary N) is 1. The average molecular weight is 253 g/mol. The maximum absolute atomic E-state index is 12.6. The van der Waals surface area contributed by atoms with Crippen LogP contribution in [0.2, 0.25) is 0 Å². The highest BCUT2D eigenvalue weighted by Crippen LogP contribution is 2.26. The Morgan fingerprint density at radius 3 is 2.61 bits per heavy atom. The van der Waals surface area contributed by atoms with Crippen LogP contribution in [-0.2, 0) is 4.79 Å². The van der Waals surface area contributed by atoms with Gasteiger partial charge in [0, 0.05) is 32.1 Å². The van der Waals surface area contributed by atoms with E-state index in [-0.39, 0.29) is 0 Å². The predicted octanol–water partition coefficient (Wildman–Crippen LogP) is 0.929. The minimum absolute atomic E-state index is 0.307. The van der Waals surface area contributed by atoms with Gasteiger partial charge in [-0.2, -0.15) is 0 Å². The standard InChI is InChI=1S/C14H27N3O/c1-15-10-13-11-16(2)8-9-17(13)14(18)12-6-4-3-5-7-12/h12-13,15H,3-11H2,1-2H3. The summed E-state index contributed by atoms with van der Waals surface area (Å²) in [7, 11) is 4.11. The van der Waals surface area contributed by atoms with Gasteiger partial charge in [0.05, 0.1) is 6.04 Å². The van der Waals surface area contributed by atoms with Crippen molar-refractivity contribution < 1.29 is 4.79 Å². The summed E-state index contributed by atoms with van der Waals surface area (Å²) in [5.74, 6) is 0.726. The van der Waals surface area contributed by atoms with Crippen LogP contribution in [0.4, 0.5) is 0 Å². The molecule has 1 saturated carbocycles. The van der Waals surface area contributed by atoms with E-state index < -0.39 is 0 Å². The van der Waals surface area contributed by atoms with Crippen molar-refractivity contribution in [2.75, 3.05) is 40.3 Å². The lowest BCUT2D eigenvalue weighted by atomic mass is 9.87. The lowest BCUT2D eigenvalue weighted by molar-refractivity contribution is -0.141. The molecule has 1 N–H and O–H groups in total. The molecule has 18 heavy (non-hydrogen) atoms. The van der Waals surface area contributed by atoms with E-state index in [9.17, 15) is 4.79 Å². The van der Waals surface area contributed by atoms with E-state index in [0.29, 0.717) is 17.9 Å². The van der Waals surface area contributed by atoms with Crippen molar-refractivity contribution in [2.45, 2.75) is 38.1 Å². The van der Waals surface area contributed by atoms with Crippen molar-refractivity contribution >= 4 is 5.91 Å². The molecule has 1 amide bonds. The van der Waals surface area contributed by atoms with Crippen LogP contribution >= 0.6 is 0 Å². The molecule has 104 valence electrons. The molecule has 4 heteroatoms. The second-order valence-electron chi connectivity index (χ2n) is 5.84. The van der Waals surface area contributed by atoms with E-state index in [1.165, 1.54) is 19.3 Å². The molecule has 1 aliphatic carbocycles. The molecule has 0 bridgehead atoms. The van der Waals surface area contributed by atoms with Crippen molar-refractivity contribution in [3.8, 4) is 0 Å². The number of carbonyl (C=O) groups is 1. The van der Waals surface area contributed by atoms with Crippen molar-refractivity contribution in [3.63, 3.8) is 0 Å². The minimum Gasteiger partial charge on any atom is -0.336 e. The Labute approximate surface area is 111 Å². The molecule has 0 radical (unpaired) electrons. The molecular formula is C14H27N3O. The Morgan fingerprint density at radius 2 is 1.94 bits per heavy atom. The van der Waals surface area contributed by atoms with Gasteiger partial charge in [-0.1, -0.05) is 19.3 Å². The number of carbonyl (C=O) groups excluding carboxylic acids is 1. The summed E-state index contributed by atoms with van der Waals surface area (Å²) in [5, 5.41) is 3.23. The molecule has 1 aliphatic heterocycles. The first kappa shape index (κ1) is 13.8. The molecule has 1 saturated heterocycles. The zero-order valence-electron chi connectivity index (χ0n) is 11.8.